The Labute approximate surface area is 140 Å². The maximum Gasteiger partial charge on any atom is 0.318 e. The van der Waals surface area contributed by atoms with E-state index < -0.39 is 9.96 Å². The van der Waals surface area contributed by atoms with Gasteiger partial charge in [0.1, 0.15) is 6.17 Å². The van der Waals surface area contributed by atoms with Crippen LogP contribution in [0.4, 0.5) is 10.5 Å². The third-order valence-electron chi connectivity index (χ3n) is 2.16. The molecule has 0 fully saturated rings. The van der Waals surface area contributed by atoms with Crippen molar-refractivity contribution in [2.75, 3.05) is 19.4 Å². The molecule has 0 unspecified atom stereocenters. The van der Waals surface area contributed by atoms with Gasteiger partial charge >= 0.3 is 6.03 Å². The maximum atomic E-state index is 11.6. The highest BCUT2D eigenvalue weighted by molar-refractivity contribution is 14.1. The molecule has 0 aromatic heterocycles. The molecule has 0 saturated carbocycles. The Hall–Kier alpha value is -0.110. The SMILES string of the molecule is CN(C)C(=O)N[C@H](Nc1ccc(I)cc1)C(Cl)(Cl)Cl. The number of urea groups is 1. The molecular weight excluding hydrogens is 423 g/mol. The summed E-state index contributed by atoms with van der Waals surface area (Å²) in [5.41, 5.74) is 0.746. The van der Waals surface area contributed by atoms with Gasteiger partial charge in [-0.1, -0.05) is 34.8 Å². The number of nitrogens with one attached hydrogen (secondary N) is 2. The topological polar surface area (TPSA) is 44.4 Å². The lowest BCUT2D eigenvalue weighted by atomic mass is 10.3. The zero-order chi connectivity index (χ0) is 14.6. The van der Waals surface area contributed by atoms with Gasteiger partial charge in [-0.2, -0.15) is 0 Å². The van der Waals surface area contributed by atoms with Gasteiger partial charge in [0.2, 0.25) is 3.79 Å². The lowest BCUT2D eigenvalue weighted by molar-refractivity contribution is 0.214. The molecule has 19 heavy (non-hydrogen) atoms. The predicted octanol–water partition coefficient (Wildman–Crippen LogP) is 3.67. The van der Waals surface area contributed by atoms with Crippen LogP contribution in [0.15, 0.2) is 24.3 Å². The zero-order valence-electron chi connectivity index (χ0n) is 10.3. The van der Waals surface area contributed by atoms with E-state index in [9.17, 15) is 4.79 Å². The number of amides is 2. The Morgan fingerprint density at radius 1 is 1.26 bits per heavy atom. The molecule has 2 amide bonds. The summed E-state index contributed by atoms with van der Waals surface area (Å²) in [6, 6.07) is 7.15. The molecule has 0 saturated heterocycles. The highest BCUT2D eigenvalue weighted by atomic mass is 127. The number of halogens is 4. The van der Waals surface area contributed by atoms with Crippen LogP contribution in [0.2, 0.25) is 0 Å². The van der Waals surface area contributed by atoms with E-state index >= 15 is 0 Å². The minimum absolute atomic E-state index is 0.352. The fraction of sp³-hybridized carbons (Fsp3) is 0.364. The van der Waals surface area contributed by atoms with Crippen LogP contribution in [0, 0.1) is 3.57 Å². The number of benzene rings is 1. The number of carbonyl (C=O) groups excluding carboxylic acids is 1. The first-order valence-electron chi connectivity index (χ1n) is 5.27. The second kappa shape index (κ2) is 7.06. The first-order chi connectivity index (χ1) is 8.70. The van der Waals surface area contributed by atoms with Crippen LogP contribution in [-0.4, -0.2) is 35.0 Å². The van der Waals surface area contributed by atoms with Crippen LogP contribution in [0.5, 0.6) is 0 Å². The third kappa shape index (κ3) is 5.81. The van der Waals surface area contributed by atoms with E-state index in [-0.39, 0.29) is 6.03 Å². The van der Waals surface area contributed by atoms with Crippen LogP contribution in [-0.2, 0) is 0 Å². The summed E-state index contributed by atoms with van der Waals surface area (Å²) >= 11 is 19.8. The summed E-state index contributed by atoms with van der Waals surface area (Å²) in [6.07, 6.45) is -0.840. The third-order valence-corrected chi connectivity index (χ3v) is 3.53. The zero-order valence-corrected chi connectivity index (χ0v) is 14.7. The minimum atomic E-state index is -1.67. The highest BCUT2D eigenvalue weighted by Crippen LogP contribution is 2.31. The van der Waals surface area contributed by atoms with Gasteiger partial charge in [0.25, 0.3) is 0 Å². The first-order valence-corrected chi connectivity index (χ1v) is 7.48. The maximum absolute atomic E-state index is 11.6. The van der Waals surface area contributed by atoms with Crippen molar-refractivity contribution in [1.82, 2.24) is 10.2 Å². The Morgan fingerprint density at radius 2 is 1.79 bits per heavy atom. The molecule has 1 atom stereocenters. The average Bonchev–Trinajstić information content (AvgIpc) is 2.29. The smallest absolute Gasteiger partial charge is 0.318 e. The lowest BCUT2D eigenvalue weighted by Crippen LogP contribution is -2.52. The van der Waals surface area contributed by atoms with Crippen molar-refractivity contribution in [3.05, 3.63) is 27.8 Å². The molecule has 1 rings (SSSR count). The Kier molecular flexibility index (Phi) is 6.29. The lowest BCUT2D eigenvalue weighted by Gasteiger charge is -2.28. The van der Waals surface area contributed by atoms with E-state index in [1.165, 1.54) is 4.90 Å². The van der Waals surface area contributed by atoms with Crippen molar-refractivity contribution in [2.45, 2.75) is 9.96 Å². The number of hydrogen-bond acceptors (Lipinski definition) is 2. The average molecular weight is 437 g/mol. The summed E-state index contributed by atoms with van der Waals surface area (Å²) in [5, 5.41) is 5.57. The van der Waals surface area contributed by atoms with Crippen molar-refractivity contribution >= 4 is 69.1 Å². The summed E-state index contributed by atoms with van der Waals surface area (Å²) in [5.74, 6) is 0. The summed E-state index contributed by atoms with van der Waals surface area (Å²) < 4.78 is -0.583. The van der Waals surface area contributed by atoms with Gasteiger partial charge in [0.15, 0.2) is 0 Å². The molecule has 106 valence electrons. The molecule has 0 aliphatic heterocycles. The van der Waals surface area contributed by atoms with Crippen LogP contribution >= 0.6 is 57.4 Å². The van der Waals surface area contributed by atoms with Gasteiger partial charge in [0, 0.05) is 23.4 Å². The second-order valence-corrected chi connectivity index (χ2v) is 7.58. The van der Waals surface area contributed by atoms with Crippen molar-refractivity contribution < 1.29 is 4.79 Å². The molecule has 0 radical (unpaired) electrons. The van der Waals surface area contributed by atoms with Crippen molar-refractivity contribution in [2.24, 2.45) is 0 Å². The summed E-state index contributed by atoms with van der Waals surface area (Å²) in [6.45, 7) is 0. The van der Waals surface area contributed by atoms with E-state index in [1.54, 1.807) is 14.1 Å². The van der Waals surface area contributed by atoms with Gasteiger partial charge in [-0.3, -0.25) is 0 Å². The first kappa shape index (κ1) is 16.9. The fourth-order valence-electron chi connectivity index (χ4n) is 1.17. The summed E-state index contributed by atoms with van der Waals surface area (Å²) in [4.78, 5) is 13.0. The van der Waals surface area contributed by atoms with Crippen LogP contribution < -0.4 is 10.6 Å². The van der Waals surface area contributed by atoms with Gasteiger partial charge in [0.05, 0.1) is 0 Å². The van der Waals surface area contributed by atoms with Gasteiger partial charge in [-0.25, -0.2) is 4.79 Å². The molecule has 0 bridgehead atoms. The number of hydrogen-bond donors (Lipinski definition) is 2. The number of nitrogens with zero attached hydrogens (tertiary/aromatic N) is 1. The fourth-order valence-corrected chi connectivity index (χ4v) is 1.85. The van der Waals surface area contributed by atoms with Crippen LogP contribution in [0.3, 0.4) is 0 Å². The normalized spacial score (nSPS) is 12.7. The van der Waals surface area contributed by atoms with Gasteiger partial charge in [-0.15, -0.1) is 0 Å². The van der Waals surface area contributed by atoms with Gasteiger partial charge in [-0.05, 0) is 46.9 Å². The van der Waals surface area contributed by atoms with E-state index in [2.05, 4.69) is 33.2 Å². The monoisotopic (exact) mass is 435 g/mol. The number of carbonyl (C=O) groups is 1. The quantitative estimate of drug-likeness (QED) is 0.432. The molecule has 0 heterocycles. The van der Waals surface area contributed by atoms with E-state index in [1.807, 2.05) is 24.3 Å². The minimum Gasteiger partial charge on any atom is -0.362 e. The summed E-state index contributed by atoms with van der Waals surface area (Å²) in [7, 11) is 3.21. The molecule has 1 aromatic carbocycles. The largest absolute Gasteiger partial charge is 0.362 e. The predicted molar refractivity (Wildman–Crippen MR) is 89.1 cm³/mol. The Balaban J connectivity index is 2.81. The van der Waals surface area contributed by atoms with Crippen molar-refractivity contribution in [3.63, 3.8) is 0 Å². The van der Waals surface area contributed by atoms with E-state index in [4.69, 9.17) is 34.8 Å². The molecule has 8 heteroatoms. The number of alkyl halides is 3. The highest BCUT2D eigenvalue weighted by Gasteiger charge is 2.34. The number of rotatable bonds is 3. The Bertz CT molecular complexity index is 434. The van der Waals surface area contributed by atoms with E-state index in [0.717, 1.165) is 9.26 Å². The molecular formula is C11H13Cl3IN3O. The molecule has 1 aromatic rings. The van der Waals surface area contributed by atoms with Crippen LogP contribution in [0.25, 0.3) is 0 Å². The standard InChI is InChI=1S/C11H13Cl3IN3O/c1-18(2)10(19)17-9(11(12,13)14)16-8-5-3-7(15)4-6-8/h3-6,9,16H,1-2H3,(H,17,19)/t9-/m0/s1. The van der Waals surface area contributed by atoms with E-state index in [0.29, 0.717) is 0 Å². The Morgan fingerprint density at radius 3 is 2.21 bits per heavy atom. The van der Waals surface area contributed by atoms with Gasteiger partial charge < -0.3 is 15.5 Å². The van der Waals surface area contributed by atoms with Crippen molar-refractivity contribution in [3.8, 4) is 0 Å². The molecule has 0 spiro atoms. The second-order valence-electron chi connectivity index (χ2n) is 3.97. The molecule has 0 aliphatic rings. The number of anilines is 1. The molecule has 4 nitrogen and oxygen atoms in total. The van der Waals surface area contributed by atoms with Crippen molar-refractivity contribution in [1.29, 1.82) is 0 Å². The molecule has 2 N–H and O–H groups in total. The van der Waals surface area contributed by atoms with Crippen LogP contribution in [0.1, 0.15) is 0 Å². The molecule has 0 aliphatic carbocycles.